The third-order valence-corrected chi connectivity index (χ3v) is 4.14. The molecule has 0 spiro atoms. The van der Waals surface area contributed by atoms with Crippen molar-refractivity contribution in [3.05, 3.63) is 60.8 Å². The Morgan fingerprint density at radius 1 is 1.08 bits per heavy atom. The SMILES string of the molecule is NC(=O)OCCOc1cccc(-c2ccnc3[nH]c4ccccc4c23)c1. The number of primary amides is 1. The van der Waals surface area contributed by atoms with Gasteiger partial charge in [0.05, 0.1) is 0 Å². The van der Waals surface area contributed by atoms with Gasteiger partial charge >= 0.3 is 6.09 Å². The molecule has 0 atom stereocenters. The molecular weight excluding hydrogens is 330 g/mol. The number of fused-ring (bicyclic) bond motifs is 3. The van der Waals surface area contributed by atoms with E-state index in [1.807, 2.05) is 48.5 Å². The number of aromatic nitrogens is 2. The molecule has 0 saturated carbocycles. The molecule has 4 rings (SSSR count). The molecule has 2 aromatic heterocycles. The van der Waals surface area contributed by atoms with Crippen LogP contribution in [-0.4, -0.2) is 29.3 Å². The molecule has 2 heterocycles. The molecule has 0 aliphatic carbocycles. The van der Waals surface area contributed by atoms with Gasteiger partial charge in [0, 0.05) is 22.5 Å². The first kappa shape index (κ1) is 16.0. The van der Waals surface area contributed by atoms with Gasteiger partial charge in [-0.2, -0.15) is 0 Å². The van der Waals surface area contributed by atoms with Gasteiger partial charge in [-0.15, -0.1) is 0 Å². The number of pyridine rings is 1. The minimum atomic E-state index is -0.805. The first-order chi connectivity index (χ1) is 12.7. The van der Waals surface area contributed by atoms with Crippen LogP contribution in [0.4, 0.5) is 4.79 Å². The number of nitrogens with two attached hydrogens (primary N) is 1. The summed E-state index contributed by atoms with van der Waals surface area (Å²) in [5.41, 5.74) is 8.94. The number of carbonyl (C=O) groups is 1. The van der Waals surface area contributed by atoms with Crippen molar-refractivity contribution >= 4 is 28.0 Å². The van der Waals surface area contributed by atoms with Crippen LogP contribution in [0.5, 0.6) is 5.75 Å². The number of rotatable bonds is 5. The van der Waals surface area contributed by atoms with Crippen LogP contribution in [0.1, 0.15) is 0 Å². The molecule has 6 nitrogen and oxygen atoms in total. The summed E-state index contributed by atoms with van der Waals surface area (Å²) in [6.07, 6.45) is 0.988. The number of para-hydroxylation sites is 1. The second kappa shape index (κ2) is 6.76. The van der Waals surface area contributed by atoms with E-state index in [0.29, 0.717) is 5.75 Å². The fraction of sp³-hybridized carbons (Fsp3) is 0.100. The molecule has 4 aromatic rings. The fourth-order valence-electron chi connectivity index (χ4n) is 3.06. The first-order valence-corrected chi connectivity index (χ1v) is 8.23. The van der Waals surface area contributed by atoms with E-state index in [0.717, 1.165) is 33.1 Å². The molecule has 0 unspecified atom stereocenters. The zero-order chi connectivity index (χ0) is 17.9. The first-order valence-electron chi connectivity index (χ1n) is 8.23. The van der Waals surface area contributed by atoms with E-state index in [-0.39, 0.29) is 13.2 Å². The molecule has 1 amide bonds. The number of benzene rings is 2. The summed E-state index contributed by atoms with van der Waals surface area (Å²) in [5.74, 6) is 0.695. The average Bonchev–Trinajstić information content (AvgIpc) is 3.04. The van der Waals surface area contributed by atoms with E-state index in [1.165, 1.54) is 0 Å². The summed E-state index contributed by atoms with van der Waals surface area (Å²) >= 11 is 0. The summed E-state index contributed by atoms with van der Waals surface area (Å²) in [7, 11) is 0. The second-order valence-electron chi connectivity index (χ2n) is 5.80. The normalized spacial score (nSPS) is 10.9. The van der Waals surface area contributed by atoms with Crippen molar-refractivity contribution in [1.29, 1.82) is 0 Å². The quantitative estimate of drug-likeness (QED) is 0.536. The molecule has 0 saturated heterocycles. The molecule has 0 radical (unpaired) electrons. The average molecular weight is 347 g/mol. The Balaban J connectivity index is 1.69. The van der Waals surface area contributed by atoms with E-state index >= 15 is 0 Å². The van der Waals surface area contributed by atoms with Crippen LogP contribution in [0.25, 0.3) is 33.1 Å². The summed E-state index contributed by atoms with van der Waals surface area (Å²) < 4.78 is 10.3. The maximum absolute atomic E-state index is 10.6. The minimum Gasteiger partial charge on any atom is -0.490 e. The van der Waals surface area contributed by atoms with Crippen LogP contribution >= 0.6 is 0 Å². The second-order valence-corrected chi connectivity index (χ2v) is 5.80. The predicted molar refractivity (Wildman–Crippen MR) is 100 cm³/mol. The van der Waals surface area contributed by atoms with Crippen LogP contribution in [0.3, 0.4) is 0 Å². The van der Waals surface area contributed by atoms with Gasteiger partial charge in [-0.3, -0.25) is 0 Å². The van der Waals surface area contributed by atoms with Crippen molar-refractivity contribution in [3.63, 3.8) is 0 Å². The van der Waals surface area contributed by atoms with Crippen LogP contribution in [0.2, 0.25) is 0 Å². The van der Waals surface area contributed by atoms with Crippen LogP contribution in [0, 0.1) is 0 Å². The molecule has 0 aliphatic rings. The third-order valence-electron chi connectivity index (χ3n) is 4.14. The van der Waals surface area contributed by atoms with Crippen molar-refractivity contribution in [2.45, 2.75) is 0 Å². The van der Waals surface area contributed by atoms with Gasteiger partial charge < -0.3 is 20.2 Å². The van der Waals surface area contributed by atoms with Gasteiger partial charge in [0.1, 0.15) is 24.6 Å². The van der Waals surface area contributed by atoms with E-state index < -0.39 is 6.09 Å². The smallest absolute Gasteiger partial charge is 0.404 e. The predicted octanol–water partition coefficient (Wildman–Crippen LogP) is 3.86. The number of aromatic amines is 1. The minimum absolute atomic E-state index is 0.113. The number of nitrogens with one attached hydrogen (secondary N) is 1. The maximum atomic E-state index is 10.6. The highest BCUT2D eigenvalue weighted by Crippen LogP contribution is 2.34. The summed E-state index contributed by atoms with van der Waals surface area (Å²) in [6, 6.07) is 17.9. The largest absolute Gasteiger partial charge is 0.490 e. The Bertz CT molecular complexity index is 1090. The molecule has 26 heavy (non-hydrogen) atoms. The number of amides is 1. The highest BCUT2D eigenvalue weighted by Gasteiger charge is 2.11. The Labute approximate surface area is 149 Å². The highest BCUT2D eigenvalue weighted by molar-refractivity contribution is 6.12. The van der Waals surface area contributed by atoms with Crippen molar-refractivity contribution < 1.29 is 14.3 Å². The van der Waals surface area contributed by atoms with Gasteiger partial charge in [0.25, 0.3) is 0 Å². The van der Waals surface area contributed by atoms with Crippen molar-refractivity contribution in [1.82, 2.24) is 9.97 Å². The molecule has 0 fully saturated rings. The van der Waals surface area contributed by atoms with Crippen molar-refractivity contribution in [2.75, 3.05) is 13.2 Å². The van der Waals surface area contributed by atoms with E-state index in [9.17, 15) is 4.79 Å². The van der Waals surface area contributed by atoms with E-state index in [2.05, 4.69) is 20.8 Å². The number of hydrogen-bond donors (Lipinski definition) is 2. The van der Waals surface area contributed by atoms with Gasteiger partial charge in [-0.1, -0.05) is 30.3 Å². The Morgan fingerprint density at radius 2 is 1.96 bits per heavy atom. The molecule has 3 N–H and O–H groups in total. The van der Waals surface area contributed by atoms with Crippen LogP contribution in [0.15, 0.2) is 60.8 Å². The zero-order valence-corrected chi connectivity index (χ0v) is 13.9. The molecule has 6 heteroatoms. The monoisotopic (exact) mass is 347 g/mol. The lowest BCUT2D eigenvalue weighted by molar-refractivity contribution is 0.134. The van der Waals surface area contributed by atoms with Crippen LogP contribution < -0.4 is 10.5 Å². The topological polar surface area (TPSA) is 90.2 Å². The van der Waals surface area contributed by atoms with E-state index in [4.69, 9.17) is 10.5 Å². The lowest BCUT2D eigenvalue weighted by atomic mass is 10.0. The standard InChI is InChI=1S/C20H17N3O3/c21-20(24)26-11-10-25-14-5-3-4-13(12-14)15-8-9-22-19-18(15)16-6-1-2-7-17(16)23-19/h1-9,12H,10-11H2,(H2,21,24)(H,22,23). The Kier molecular flexibility index (Phi) is 4.15. The molecular formula is C20H17N3O3. The molecule has 0 aliphatic heterocycles. The summed E-state index contributed by atoms with van der Waals surface area (Å²) in [6.45, 7) is 0.354. The number of nitrogens with zero attached hydrogens (tertiary/aromatic N) is 1. The molecule has 0 bridgehead atoms. The summed E-state index contributed by atoms with van der Waals surface area (Å²) in [4.78, 5) is 18.4. The third kappa shape index (κ3) is 3.04. The van der Waals surface area contributed by atoms with Gasteiger partial charge in [0.2, 0.25) is 0 Å². The Hall–Kier alpha value is -3.54. The summed E-state index contributed by atoms with van der Waals surface area (Å²) in [5, 5.41) is 2.21. The Morgan fingerprint density at radius 3 is 2.85 bits per heavy atom. The van der Waals surface area contributed by atoms with E-state index in [1.54, 1.807) is 6.20 Å². The zero-order valence-electron chi connectivity index (χ0n) is 13.9. The lowest BCUT2D eigenvalue weighted by Gasteiger charge is -2.09. The van der Waals surface area contributed by atoms with Gasteiger partial charge in [0.15, 0.2) is 0 Å². The van der Waals surface area contributed by atoms with Gasteiger partial charge in [-0.05, 0) is 35.4 Å². The van der Waals surface area contributed by atoms with Crippen LogP contribution in [-0.2, 0) is 4.74 Å². The number of hydrogen-bond acceptors (Lipinski definition) is 4. The highest BCUT2D eigenvalue weighted by atomic mass is 16.6. The maximum Gasteiger partial charge on any atom is 0.404 e. The van der Waals surface area contributed by atoms with Gasteiger partial charge in [-0.25, -0.2) is 9.78 Å². The number of H-pyrrole nitrogens is 1. The number of ether oxygens (including phenoxy) is 2. The number of carbonyl (C=O) groups excluding carboxylic acids is 1. The fourth-order valence-corrected chi connectivity index (χ4v) is 3.06. The molecule has 2 aromatic carbocycles. The molecule has 130 valence electrons. The van der Waals surface area contributed by atoms with Crippen molar-refractivity contribution in [2.24, 2.45) is 5.73 Å². The van der Waals surface area contributed by atoms with Crippen molar-refractivity contribution in [3.8, 4) is 16.9 Å². The lowest BCUT2D eigenvalue weighted by Crippen LogP contribution is -2.17.